The summed E-state index contributed by atoms with van der Waals surface area (Å²) >= 11 is 0. The predicted molar refractivity (Wildman–Crippen MR) is 60.4 cm³/mol. The topological polar surface area (TPSA) is 52.9 Å². The number of benzene rings is 1. The van der Waals surface area contributed by atoms with E-state index in [4.69, 9.17) is 5.26 Å². The number of nitriles is 1. The molecule has 16 heavy (non-hydrogen) atoms. The Hall–Kier alpha value is -1.82. The van der Waals surface area contributed by atoms with Gasteiger partial charge in [0.1, 0.15) is 6.04 Å². The highest BCUT2D eigenvalue weighted by Crippen LogP contribution is 2.29. The van der Waals surface area contributed by atoms with Crippen molar-refractivity contribution in [3.63, 3.8) is 0 Å². The molecule has 1 unspecified atom stereocenters. The number of carbonyl (C=O) groups excluding carboxylic acids is 1. The minimum absolute atomic E-state index is 0.00746. The quantitative estimate of drug-likeness (QED) is 0.837. The van der Waals surface area contributed by atoms with E-state index in [1.807, 2.05) is 31.2 Å². The van der Waals surface area contributed by atoms with Crippen LogP contribution in [0.1, 0.15) is 30.0 Å². The molecule has 82 valence electrons. The molecule has 0 heterocycles. The molecule has 3 nitrogen and oxygen atoms in total. The lowest BCUT2D eigenvalue weighted by Gasteiger charge is -2.12. The summed E-state index contributed by atoms with van der Waals surface area (Å²) in [5, 5.41) is 11.8. The number of hydrogen-bond donors (Lipinski definition) is 1. The van der Waals surface area contributed by atoms with Crippen LogP contribution in [0.4, 0.5) is 0 Å². The molecule has 0 spiro atoms. The Bertz CT molecular complexity index is 443. The highest BCUT2D eigenvalue weighted by molar-refractivity contribution is 5.81. The fourth-order valence-corrected chi connectivity index (χ4v) is 1.65. The zero-order chi connectivity index (χ0) is 11.5. The zero-order valence-corrected chi connectivity index (χ0v) is 9.23. The third kappa shape index (κ3) is 2.40. The van der Waals surface area contributed by atoms with Crippen molar-refractivity contribution in [3.05, 3.63) is 35.4 Å². The number of nitrogens with one attached hydrogen (secondary N) is 1. The lowest BCUT2D eigenvalue weighted by molar-refractivity contribution is -0.122. The van der Waals surface area contributed by atoms with Crippen molar-refractivity contribution in [2.45, 2.75) is 25.8 Å². The molecule has 1 aromatic rings. The molecule has 0 radical (unpaired) electrons. The predicted octanol–water partition coefficient (Wildman–Crippen LogP) is 2.09. The summed E-state index contributed by atoms with van der Waals surface area (Å²) in [4.78, 5) is 11.6. The van der Waals surface area contributed by atoms with Crippen molar-refractivity contribution in [3.8, 4) is 6.07 Å². The second-order valence-electron chi connectivity index (χ2n) is 4.26. The largest absolute Gasteiger partial charge is 0.336 e. The average Bonchev–Trinajstić information content (AvgIpc) is 3.09. The van der Waals surface area contributed by atoms with Crippen LogP contribution in [-0.4, -0.2) is 5.91 Å². The van der Waals surface area contributed by atoms with E-state index in [9.17, 15) is 4.79 Å². The van der Waals surface area contributed by atoms with Crippen molar-refractivity contribution >= 4 is 5.91 Å². The fourth-order valence-electron chi connectivity index (χ4n) is 1.65. The van der Waals surface area contributed by atoms with Gasteiger partial charge in [-0.3, -0.25) is 4.79 Å². The Kier molecular flexibility index (Phi) is 2.91. The highest BCUT2D eigenvalue weighted by Gasteiger charge is 2.31. The van der Waals surface area contributed by atoms with Crippen LogP contribution in [0.25, 0.3) is 0 Å². The van der Waals surface area contributed by atoms with Crippen molar-refractivity contribution in [1.82, 2.24) is 5.32 Å². The van der Waals surface area contributed by atoms with Crippen LogP contribution in [0.5, 0.6) is 0 Å². The third-order valence-electron chi connectivity index (χ3n) is 2.74. The van der Waals surface area contributed by atoms with Gasteiger partial charge in [-0.05, 0) is 25.3 Å². The van der Waals surface area contributed by atoms with E-state index in [0.29, 0.717) is 0 Å². The summed E-state index contributed by atoms with van der Waals surface area (Å²) < 4.78 is 0. The molecule has 1 amide bonds. The minimum Gasteiger partial charge on any atom is -0.336 e. The molecule has 1 saturated carbocycles. The number of nitrogens with zero attached hydrogens (tertiary/aromatic N) is 1. The molecule has 0 aromatic heterocycles. The van der Waals surface area contributed by atoms with Crippen LogP contribution in [0, 0.1) is 24.2 Å². The van der Waals surface area contributed by atoms with E-state index in [1.165, 1.54) is 0 Å². The molecular weight excluding hydrogens is 200 g/mol. The maximum atomic E-state index is 11.6. The van der Waals surface area contributed by atoms with E-state index >= 15 is 0 Å². The van der Waals surface area contributed by atoms with Crippen LogP contribution in [-0.2, 0) is 4.79 Å². The Labute approximate surface area is 95.1 Å². The standard InChI is InChI=1S/C13H14N2O/c1-9-3-2-4-11(7-9)12(8-14)15-13(16)10-5-6-10/h2-4,7,10,12H,5-6H2,1H3,(H,15,16). The third-order valence-corrected chi connectivity index (χ3v) is 2.74. The molecule has 1 aliphatic carbocycles. The summed E-state index contributed by atoms with van der Waals surface area (Å²) in [6.07, 6.45) is 1.91. The van der Waals surface area contributed by atoms with Gasteiger partial charge in [0, 0.05) is 5.92 Å². The Balaban J connectivity index is 2.10. The summed E-state index contributed by atoms with van der Waals surface area (Å²) in [5.74, 6) is 0.147. The lowest BCUT2D eigenvalue weighted by atomic mass is 10.1. The molecule has 0 aliphatic heterocycles. The minimum atomic E-state index is -0.520. The summed E-state index contributed by atoms with van der Waals surface area (Å²) in [6, 6.07) is 9.28. The second kappa shape index (κ2) is 4.36. The first kappa shape index (κ1) is 10.7. The number of amides is 1. The first-order valence-corrected chi connectivity index (χ1v) is 5.47. The average molecular weight is 214 g/mol. The maximum absolute atomic E-state index is 11.6. The number of hydrogen-bond acceptors (Lipinski definition) is 2. The Morgan fingerprint density at radius 1 is 1.56 bits per heavy atom. The SMILES string of the molecule is Cc1cccc(C(C#N)NC(=O)C2CC2)c1. The zero-order valence-electron chi connectivity index (χ0n) is 9.23. The van der Waals surface area contributed by atoms with Gasteiger partial charge in [-0.15, -0.1) is 0 Å². The van der Waals surface area contributed by atoms with Crippen LogP contribution in [0.15, 0.2) is 24.3 Å². The van der Waals surface area contributed by atoms with Gasteiger partial charge in [0.2, 0.25) is 5.91 Å². The second-order valence-corrected chi connectivity index (χ2v) is 4.26. The fraction of sp³-hybridized carbons (Fsp3) is 0.385. The smallest absolute Gasteiger partial charge is 0.224 e. The first-order valence-electron chi connectivity index (χ1n) is 5.47. The van der Waals surface area contributed by atoms with Crippen LogP contribution in [0.2, 0.25) is 0 Å². The van der Waals surface area contributed by atoms with Crippen LogP contribution >= 0.6 is 0 Å². The molecule has 1 fully saturated rings. The summed E-state index contributed by atoms with van der Waals surface area (Å²) in [6.45, 7) is 1.97. The van der Waals surface area contributed by atoms with Crippen molar-refractivity contribution < 1.29 is 4.79 Å². The van der Waals surface area contributed by atoms with Gasteiger partial charge in [-0.25, -0.2) is 0 Å². The van der Waals surface area contributed by atoms with E-state index in [0.717, 1.165) is 24.0 Å². The van der Waals surface area contributed by atoms with Crippen LogP contribution in [0.3, 0.4) is 0 Å². The molecule has 1 aromatic carbocycles. The molecule has 0 bridgehead atoms. The number of aryl methyl sites for hydroxylation is 1. The number of rotatable bonds is 3. The highest BCUT2D eigenvalue weighted by atomic mass is 16.2. The molecule has 1 aliphatic rings. The summed E-state index contributed by atoms with van der Waals surface area (Å²) in [7, 11) is 0. The van der Waals surface area contributed by atoms with Gasteiger partial charge in [0.15, 0.2) is 0 Å². The molecule has 2 rings (SSSR count). The Morgan fingerprint density at radius 2 is 2.31 bits per heavy atom. The van der Waals surface area contributed by atoms with Gasteiger partial charge in [0.25, 0.3) is 0 Å². The first-order chi connectivity index (χ1) is 7.70. The summed E-state index contributed by atoms with van der Waals surface area (Å²) in [5.41, 5.74) is 1.95. The van der Waals surface area contributed by atoms with Gasteiger partial charge >= 0.3 is 0 Å². The molecule has 1 atom stereocenters. The Morgan fingerprint density at radius 3 is 2.88 bits per heavy atom. The van der Waals surface area contributed by atoms with Crippen molar-refractivity contribution in [2.75, 3.05) is 0 Å². The van der Waals surface area contributed by atoms with E-state index in [2.05, 4.69) is 11.4 Å². The number of carbonyl (C=O) groups is 1. The van der Waals surface area contributed by atoms with E-state index < -0.39 is 6.04 Å². The van der Waals surface area contributed by atoms with Gasteiger partial charge in [-0.1, -0.05) is 29.8 Å². The maximum Gasteiger partial charge on any atom is 0.224 e. The normalized spacial score (nSPS) is 16.2. The molecular formula is C13H14N2O. The van der Waals surface area contributed by atoms with Crippen LogP contribution < -0.4 is 5.32 Å². The molecule has 0 saturated heterocycles. The van der Waals surface area contributed by atoms with Gasteiger partial charge in [-0.2, -0.15) is 5.26 Å². The van der Waals surface area contributed by atoms with E-state index in [-0.39, 0.29) is 11.8 Å². The lowest BCUT2D eigenvalue weighted by Crippen LogP contribution is -2.28. The van der Waals surface area contributed by atoms with Crippen molar-refractivity contribution in [1.29, 1.82) is 5.26 Å². The van der Waals surface area contributed by atoms with Gasteiger partial charge < -0.3 is 5.32 Å². The van der Waals surface area contributed by atoms with E-state index in [1.54, 1.807) is 0 Å². The van der Waals surface area contributed by atoms with Gasteiger partial charge in [0.05, 0.1) is 6.07 Å². The van der Waals surface area contributed by atoms with Crippen molar-refractivity contribution in [2.24, 2.45) is 5.92 Å². The monoisotopic (exact) mass is 214 g/mol. The molecule has 1 N–H and O–H groups in total. The molecule has 3 heteroatoms.